The van der Waals surface area contributed by atoms with Crippen LogP contribution in [0.4, 0.5) is 0 Å². The van der Waals surface area contributed by atoms with Gasteiger partial charge >= 0.3 is 17.9 Å². The van der Waals surface area contributed by atoms with E-state index in [4.69, 9.17) is 14.2 Å². The number of carbonyl (C=O) groups excluding carboxylic acids is 3. The van der Waals surface area contributed by atoms with Gasteiger partial charge in [-0.2, -0.15) is 0 Å². The van der Waals surface area contributed by atoms with Crippen LogP contribution in [0.25, 0.3) is 0 Å². The molecule has 0 aliphatic heterocycles. The molecule has 408 valence electrons. The van der Waals surface area contributed by atoms with Crippen molar-refractivity contribution < 1.29 is 28.6 Å². The maximum absolute atomic E-state index is 12.9. The minimum atomic E-state index is -0.766. The molecule has 0 radical (unpaired) electrons. The highest BCUT2D eigenvalue weighted by Gasteiger charge is 2.19. The van der Waals surface area contributed by atoms with Crippen LogP contribution in [0.3, 0.4) is 0 Å². The van der Waals surface area contributed by atoms with Crippen LogP contribution in [0.5, 0.6) is 0 Å². The Bertz CT molecular complexity index is 1070. The van der Waals surface area contributed by atoms with Crippen molar-refractivity contribution in [1.29, 1.82) is 0 Å². The van der Waals surface area contributed by atoms with Gasteiger partial charge in [-0.05, 0) is 44.9 Å². The fourth-order valence-corrected chi connectivity index (χ4v) is 9.56. The highest BCUT2D eigenvalue weighted by Crippen LogP contribution is 2.18. The summed E-state index contributed by atoms with van der Waals surface area (Å²) in [5, 5.41) is 0. The van der Waals surface area contributed by atoms with Gasteiger partial charge in [-0.25, -0.2) is 0 Å². The van der Waals surface area contributed by atoms with Crippen LogP contribution in [0.1, 0.15) is 355 Å². The predicted octanol–water partition coefficient (Wildman–Crippen LogP) is 20.9. The Balaban J connectivity index is 4.23. The first-order chi connectivity index (χ1) is 34.0. The van der Waals surface area contributed by atoms with Gasteiger partial charge < -0.3 is 14.2 Å². The van der Waals surface area contributed by atoms with Crippen LogP contribution >= 0.6 is 0 Å². The Morgan fingerprint density at radius 3 is 0.725 bits per heavy atom. The van der Waals surface area contributed by atoms with E-state index in [1.165, 1.54) is 257 Å². The second kappa shape index (κ2) is 58.7. The summed E-state index contributed by atoms with van der Waals surface area (Å²) in [4.78, 5) is 38.2. The number of allylic oxidation sites excluding steroid dienone is 2. The first-order valence-corrected chi connectivity index (χ1v) is 31.2. The SMILES string of the molecule is CCCCCCCC/C=C\CCCCCCCCCCCC(=O)OC(COC(=O)CCCCCCCCCCCCC)COC(=O)CCCCCCCCCCCCCCCCCCCCCCC. The summed E-state index contributed by atoms with van der Waals surface area (Å²) >= 11 is 0. The molecule has 0 aromatic rings. The monoisotopic (exact) mass is 973 g/mol. The van der Waals surface area contributed by atoms with Gasteiger partial charge in [0, 0.05) is 19.3 Å². The maximum Gasteiger partial charge on any atom is 0.306 e. The number of hydrogen-bond acceptors (Lipinski definition) is 6. The van der Waals surface area contributed by atoms with Gasteiger partial charge in [0.15, 0.2) is 6.10 Å². The van der Waals surface area contributed by atoms with Crippen molar-refractivity contribution in [2.75, 3.05) is 13.2 Å². The molecular weight excluding hydrogens is 853 g/mol. The van der Waals surface area contributed by atoms with Crippen molar-refractivity contribution in [1.82, 2.24) is 0 Å². The molecule has 0 rings (SSSR count). The van der Waals surface area contributed by atoms with E-state index in [0.717, 1.165) is 57.8 Å². The molecule has 0 aliphatic rings. The first-order valence-electron chi connectivity index (χ1n) is 31.2. The maximum atomic E-state index is 12.9. The summed E-state index contributed by atoms with van der Waals surface area (Å²) in [5.74, 6) is -0.840. The molecule has 0 amide bonds. The largest absolute Gasteiger partial charge is 0.462 e. The molecule has 0 saturated carbocycles. The minimum Gasteiger partial charge on any atom is -0.462 e. The third kappa shape index (κ3) is 56.9. The average molecular weight is 974 g/mol. The molecule has 6 heteroatoms. The summed E-state index contributed by atoms with van der Waals surface area (Å²) < 4.78 is 16.9. The van der Waals surface area contributed by atoms with E-state index < -0.39 is 6.10 Å². The fraction of sp³-hybridized carbons (Fsp3) is 0.921. The standard InChI is InChI=1S/C63H120O6/c1-4-7-10-13-16-19-22-24-26-28-30-31-33-34-36-38-41-44-47-50-53-56-62(65)68-59-60(58-67-61(64)55-52-49-46-43-40-21-18-15-12-9-6-3)69-63(66)57-54-51-48-45-42-39-37-35-32-29-27-25-23-20-17-14-11-8-5-2/h25,27,60H,4-24,26,28-59H2,1-3H3/b27-25-. The number of esters is 3. The van der Waals surface area contributed by atoms with E-state index in [1.54, 1.807) is 0 Å². The van der Waals surface area contributed by atoms with E-state index in [9.17, 15) is 14.4 Å². The Hall–Kier alpha value is -1.85. The molecular formula is C63H120O6. The van der Waals surface area contributed by atoms with E-state index >= 15 is 0 Å². The van der Waals surface area contributed by atoms with E-state index in [1.807, 2.05) is 0 Å². The van der Waals surface area contributed by atoms with Crippen molar-refractivity contribution in [3.8, 4) is 0 Å². The van der Waals surface area contributed by atoms with Crippen LogP contribution in [-0.4, -0.2) is 37.2 Å². The molecule has 0 aromatic heterocycles. The molecule has 1 unspecified atom stereocenters. The van der Waals surface area contributed by atoms with Crippen LogP contribution in [0.15, 0.2) is 12.2 Å². The second-order valence-electron chi connectivity index (χ2n) is 21.3. The highest BCUT2D eigenvalue weighted by molar-refractivity contribution is 5.71. The zero-order chi connectivity index (χ0) is 50.0. The van der Waals surface area contributed by atoms with Crippen molar-refractivity contribution >= 4 is 17.9 Å². The Morgan fingerprint density at radius 1 is 0.275 bits per heavy atom. The summed E-state index contributed by atoms with van der Waals surface area (Å²) in [7, 11) is 0. The molecule has 0 aliphatic carbocycles. The lowest BCUT2D eigenvalue weighted by Crippen LogP contribution is -2.30. The molecule has 0 fully saturated rings. The molecule has 0 aromatic carbocycles. The first kappa shape index (κ1) is 67.1. The third-order valence-electron chi connectivity index (χ3n) is 14.3. The summed E-state index contributed by atoms with van der Waals surface area (Å²) in [5.41, 5.74) is 0. The number of rotatable bonds is 58. The predicted molar refractivity (Wildman–Crippen MR) is 298 cm³/mol. The van der Waals surface area contributed by atoms with Crippen LogP contribution in [0.2, 0.25) is 0 Å². The number of ether oxygens (including phenoxy) is 3. The zero-order valence-electron chi connectivity index (χ0n) is 46.9. The van der Waals surface area contributed by atoms with Gasteiger partial charge in [-0.15, -0.1) is 0 Å². The highest BCUT2D eigenvalue weighted by atomic mass is 16.6. The van der Waals surface area contributed by atoms with E-state index in [0.29, 0.717) is 19.3 Å². The van der Waals surface area contributed by atoms with Gasteiger partial charge in [0.05, 0.1) is 0 Å². The molecule has 0 bridgehead atoms. The molecule has 1 atom stereocenters. The van der Waals surface area contributed by atoms with Gasteiger partial charge in [-0.1, -0.05) is 303 Å². The average Bonchev–Trinajstić information content (AvgIpc) is 3.35. The normalized spacial score (nSPS) is 12.0. The number of unbranched alkanes of at least 4 members (excludes halogenated alkanes) is 45. The molecule has 0 saturated heterocycles. The van der Waals surface area contributed by atoms with E-state index in [2.05, 4.69) is 32.9 Å². The lowest BCUT2D eigenvalue weighted by atomic mass is 10.0. The minimum absolute atomic E-state index is 0.0645. The molecule has 0 N–H and O–H groups in total. The van der Waals surface area contributed by atoms with Gasteiger partial charge in [0.1, 0.15) is 13.2 Å². The third-order valence-corrected chi connectivity index (χ3v) is 14.3. The van der Waals surface area contributed by atoms with Gasteiger partial charge in [0.2, 0.25) is 0 Å². The summed E-state index contributed by atoms with van der Waals surface area (Å²) in [6.45, 7) is 6.70. The van der Waals surface area contributed by atoms with Crippen molar-refractivity contribution in [3.05, 3.63) is 12.2 Å². The lowest BCUT2D eigenvalue weighted by Gasteiger charge is -2.18. The Morgan fingerprint density at radius 2 is 0.478 bits per heavy atom. The number of hydrogen-bond donors (Lipinski definition) is 0. The van der Waals surface area contributed by atoms with Crippen LogP contribution < -0.4 is 0 Å². The van der Waals surface area contributed by atoms with Crippen LogP contribution in [0, 0.1) is 0 Å². The smallest absolute Gasteiger partial charge is 0.306 e. The molecule has 0 heterocycles. The Labute approximate surface area is 431 Å². The fourth-order valence-electron chi connectivity index (χ4n) is 9.56. The second-order valence-corrected chi connectivity index (χ2v) is 21.3. The quantitative estimate of drug-likeness (QED) is 0.0261. The van der Waals surface area contributed by atoms with Crippen molar-refractivity contribution in [2.24, 2.45) is 0 Å². The van der Waals surface area contributed by atoms with Crippen molar-refractivity contribution in [2.45, 2.75) is 361 Å². The van der Waals surface area contributed by atoms with Crippen molar-refractivity contribution in [3.63, 3.8) is 0 Å². The summed E-state index contributed by atoms with van der Waals surface area (Å²) in [6, 6.07) is 0. The molecule has 0 spiro atoms. The molecule has 6 nitrogen and oxygen atoms in total. The van der Waals surface area contributed by atoms with E-state index in [-0.39, 0.29) is 31.1 Å². The summed E-state index contributed by atoms with van der Waals surface area (Å²) in [6.07, 6.45) is 67.9. The van der Waals surface area contributed by atoms with Gasteiger partial charge in [-0.3, -0.25) is 14.4 Å². The topological polar surface area (TPSA) is 78.9 Å². The Kier molecular flexibility index (Phi) is 57.1. The molecule has 69 heavy (non-hydrogen) atoms. The van der Waals surface area contributed by atoms with Gasteiger partial charge in [0.25, 0.3) is 0 Å². The van der Waals surface area contributed by atoms with Crippen LogP contribution in [-0.2, 0) is 28.6 Å². The lowest BCUT2D eigenvalue weighted by molar-refractivity contribution is -0.167. The zero-order valence-corrected chi connectivity index (χ0v) is 46.9. The number of carbonyl (C=O) groups is 3.